The van der Waals surface area contributed by atoms with Gasteiger partial charge in [-0.05, 0) is 32.4 Å². The lowest BCUT2D eigenvalue weighted by Gasteiger charge is -2.06. The number of hydrogen-bond donors (Lipinski definition) is 0. The fraction of sp³-hybridized carbons (Fsp3) is 0. The van der Waals surface area contributed by atoms with Crippen LogP contribution in [0.2, 0.25) is 0 Å². The maximum Gasteiger partial charge on any atom is 0.268 e. The minimum absolute atomic E-state index is 0.0758. The largest absolute Gasteiger partial charge is 0.268 e. The predicted molar refractivity (Wildman–Crippen MR) is 128 cm³/mol. The van der Waals surface area contributed by atoms with Crippen LogP contribution in [0.15, 0.2) is 54.1 Å². The molecule has 4 rings (SSSR count). The summed E-state index contributed by atoms with van der Waals surface area (Å²) in [6.45, 7) is 14.6. The zero-order chi connectivity index (χ0) is 28.4. The highest BCUT2D eigenvalue weighted by Crippen LogP contribution is 2.52. The van der Waals surface area contributed by atoms with Crippen molar-refractivity contribution in [1.29, 1.82) is 15.8 Å². The van der Waals surface area contributed by atoms with Gasteiger partial charge in [0, 0.05) is 5.22 Å². The average molecular weight is 521 g/mol. The van der Waals surface area contributed by atoms with Gasteiger partial charge in [-0.25, -0.2) is 36.9 Å². The molecular weight excluding hydrogens is 513 g/mol. The maximum absolute atomic E-state index is 14.7. The van der Waals surface area contributed by atoms with Crippen molar-refractivity contribution in [3.8, 4) is 18.2 Å². The van der Waals surface area contributed by atoms with Crippen molar-refractivity contribution in [3.05, 3.63) is 132 Å². The molecule has 0 radical (unpaired) electrons. The average Bonchev–Trinajstić information content (AvgIpc) is 3.70. The van der Waals surface area contributed by atoms with E-state index < -0.39 is 40.3 Å². The van der Waals surface area contributed by atoms with Gasteiger partial charge in [-0.2, -0.15) is 10.5 Å². The van der Waals surface area contributed by atoms with Crippen LogP contribution in [0.25, 0.3) is 37.8 Å². The van der Waals surface area contributed by atoms with E-state index in [1.807, 2.05) is 0 Å². The second-order valence-electron chi connectivity index (χ2n) is 7.86. The van der Waals surface area contributed by atoms with Crippen molar-refractivity contribution in [2.24, 2.45) is 0 Å². The molecule has 0 N–H and O–H groups in total. The van der Waals surface area contributed by atoms with E-state index in [0.717, 1.165) is 0 Å². The fourth-order valence-corrected chi connectivity index (χ4v) is 3.96. The van der Waals surface area contributed by atoms with Crippen molar-refractivity contribution in [2.75, 3.05) is 0 Å². The number of hydrogen-bond acceptors (Lipinski definition) is 3. The van der Waals surface area contributed by atoms with Crippen LogP contribution in [0.5, 0.6) is 0 Å². The van der Waals surface area contributed by atoms with Gasteiger partial charge in [-0.3, -0.25) is 0 Å². The van der Waals surface area contributed by atoms with Crippen molar-refractivity contribution in [1.82, 2.24) is 0 Å². The molecule has 0 amide bonds. The Hall–Kier alpha value is -6.02. The van der Waals surface area contributed by atoms with Crippen molar-refractivity contribution in [3.63, 3.8) is 0 Å². The van der Waals surface area contributed by atoms with E-state index in [-0.39, 0.29) is 38.4 Å². The Balaban J connectivity index is 2.17. The summed E-state index contributed by atoms with van der Waals surface area (Å²) >= 11 is 0. The van der Waals surface area contributed by atoms with Crippen molar-refractivity contribution < 1.29 is 22.0 Å². The molecule has 0 heterocycles. The lowest BCUT2D eigenvalue weighted by Crippen LogP contribution is -2.10. The van der Waals surface area contributed by atoms with E-state index in [9.17, 15) is 22.0 Å². The Morgan fingerprint density at radius 1 is 0.590 bits per heavy atom. The van der Waals surface area contributed by atoms with E-state index >= 15 is 0 Å². The summed E-state index contributed by atoms with van der Waals surface area (Å²) in [6, 6.07) is 16.9. The number of nitriles is 3. The van der Waals surface area contributed by atoms with Crippen LogP contribution in [0.3, 0.4) is 0 Å². The lowest BCUT2D eigenvalue weighted by atomic mass is 10.1. The lowest BCUT2D eigenvalue weighted by molar-refractivity contribution is 0.376. The number of halogens is 5. The van der Waals surface area contributed by atoms with Gasteiger partial charge in [0.15, 0.2) is 29.1 Å². The third kappa shape index (κ3) is 4.28. The van der Waals surface area contributed by atoms with Crippen LogP contribution >= 0.6 is 0 Å². The van der Waals surface area contributed by atoms with Crippen LogP contribution in [0.4, 0.5) is 22.0 Å². The minimum Gasteiger partial charge on any atom is -0.237 e. The molecule has 0 aliphatic heterocycles. The summed E-state index contributed by atoms with van der Waals surface area (Å²) in [7, 11) is 0. The molecule has 184 valence electrons. The highest BCUT2D eigenvalue weighted by atomic mass is 19.2. The Bertz CT molecular complexity index is 1910. The van der Waals surface area contributed by atoms with E-state index in [1.54, 1.807) is 18.2 Å². The first kappa shape index (κ1) is 26.1. The number of rotatable bonds is 1. The topological polar surface area (TPSA) is 80.1 Å². The standard InChI is InChI=1S/C29H8F5N5/c1-38-19(13-37)15-5-9-17(10-6-15)21-20(16-7-3-14(4-8-16)18(11-35)12-36)22(21)29(39-2)23-24(30)26(32)28(34)27(33)25(23)31/h3-10H/b19-15?,21-17?,29-22-. The first-order valence-electron chi connectivity index (χ1n) is 10.7. The summed E-state index contributed by atoms with van der Waals surface area (Å²) < 4.78 is 71.0. The zero-order valence-corrected chi connectivity index (χ0v) is 19.2. The van der Waals surface area contributed by atoms with Crippen molar-refractivity contribution >= 4 is 28.1 Å². The second-order valence-corrected chi connectivity index (χ2v) is 7.86. The van der Waals surface area contributed by atoms with Gasteiger partial charge in [0.25, 0.3) is 5.70 Å². The molecule has 0 bridgehead atoms. The Labute approximate surface area is 216 Å². The minimum atomic E-state index is -2.36. The molecule has 0 unspecified atom stereocenters. The molecule has 3 aromatic carbocycles. The van der Waals surface area contributed by atoms with E-state index in [2.05, 4.69) is 9.69 Å². The summed E-state index contributed by atoms with van der Waals surface area (Å²) in [5.41, 5.74) is -2.12. The third-order valence-corrected chi connectivity index (χ3v) is 5.83. The van der Waals surface area contributed by atoms with Gasteiger partial charge >= 0.3 is 0 Å². The van der Waals surface area contributed by atoms with Gasteiger partial charge in [-0.15, -0.1) is 0 Å². The fourth-order valence-electron chi connectivity index (χ4n) is 3.96. The van der Waals surface area contributed by atoms with E-state index in [4.69, 9.17) is 28.9 Å². The highest BCUT2D eigenvalue weighted by Gasteiger charge is 2.38. The molecule has 1 aliphatic rings. The number of benzene rings is 3. The normalized spacial score (nSPS) is 12.8. The smallest absolute Gasteiger partial charge is 0.237 e. The van der Waals surface area contributed by atoms with Crippen molar-refractivity contribution in [2.45, 2.75) is 0 Å². The molecule has 0 aromatic heterocycles. The van der Waals surface area contributed by atoms with E-state index in [1.165, 1.54) is 48.5 Å². The SMILES string of the molecule is [C-]#[N+]C(C#N)=c1ccc(=C2C(=c3ccc(=C(C#N)C#N)cc3)/C2=C(/[N+]#[C-])c2c(F)c(F)c(F)c(F)c2F)cc1. The molecule has 3 aromatic rings. The predicted octanol–water partition coefficient (Wildman–Crippen LogP) is 3.48. The van der Waals surface area contributed by atoms with Gasteiger partial charge in [0.05, 0.1) is 24.8 Å². The van der Waals surface area contributed by atoms with Crippen LogP contribution < -0.4 is 20.9 Å². The monoisotopic (exact) mass is 521 g/mol. The number of allylic oxidation sites excluding steroid dienone is 1. The quantitative estimate of drug-likeness (QED) is 0.213. The van der Waals surface area contributed by atoms with Crippen LogP contribution in [-0.4, -0.2) is 0 Å². The summed E-state index contributed by atoms with van der Waals surface area (Å²) in [5, 5.41) is 28.6. The number of nitrogens with zero attached hydrogens (tertiary/aromatic N) is 5. The summed E-state index contributed by atoms with van der Waals surface area (Å²) in [4.78, 5) is 6.24. The van der Waals surface area contributed by atoms with Crippen LogP contribution in [0, 0.1) is 76.2 Å². The molecule has 1 aliphatic carbocycles. The van der Waals surface area contributed by atoms with Gasteiger partial charge < -0.3 is 0 Å². The molecule has 0 atom stereocenters. The second kappa shape index (κ2) is 10.2. The molecule has 5 nitrogen and oxygen atoms in total. The molecular formula is C29H8F5N5. The highest BCUT2D eigenvalue weighted by molar-refractivity contribution is 6.33. The first-order chi connectivity index (χ1) is 18.7. The Kier molecular flexibility index (Phi) is 6.78. The maximum atomic E-state index is 14.7. The Morgan fingerprint density at radius 3 is 1.41 bits per heavy atom. The van der Waals surface area contributed by atoms with Gasteiger partial charge in [-0.1, -0.05) is 48.5 Å². The summed E-state index contributed by atoms with van der Waals surface area (Å²) in [6.07, 6.45) is 0. The molecule has 0 spiro atoms. The molecule has 1 saturated carbocycles. The third-order valence-electron chi connectivity index (χ3n) is 5.83. The summed E-state index contributed by atoms with van der Waals surface area (Å²) in [5.74, 6) is -11.1. The molecule has 39 heavy (non-hydrogen) atoms. The zero-order valence-electron chi connectivity index (χ0n) is 19.2. The van der Waals surface area contributed by atoms with Crippen LogP contribution in [-0.2, 0) is 0 Å². The Morgan fingerprint density at radius 2 is 1.03 bits per heavy atom. The van der Waals surface area contributed by atoms with Crippen LogP contribution in [0.1, 0.15) is 5.56 Å². The van der Waals surface area contributed by atoms with E-state index in [0.29, 0.717) is 10.4 Å². The molecule has 0 saturated heterocycles. The molecule has 10 heteroatoms. The van der Waals surface area contributed by atoms with Gasteiger partial charge in [0.2, 0.25) is 5.70 Å². The first-order valence-corrected chi connectivity index (χ1v) is 10.7. The molecule has 1 fully saturated rings. The van der Waals surface area contributed by atoms with Gasteiger partial charge in [0.1, 0.15) is 17.7 Å².